The number of para-hydroxylation sites is 2. The number of carbonyl (C=O) groups excluding carboxylic acids is 1. The Morgan fingerprint density at radius 3 is 1.88 bits per heavy atom. The maximum Gasteiger partial charge on any atom is 0.243 e. The van der Waals surface area contributed by atoms with Gasteiger partial charge in [-0.25, -0.2) is 4.98 Å². The molecule has 2 aromatic carbocycles. The van der Waals surface area contributed by atoms with Crippen molar-refractivity contribution in [3.63, 3.8) is 0 Å². The van der Waals surface area contributed by atoms with Crippen LogP contribution in [0.2, 0.25) is 0 Å². The van der Waals surface area contributed by atoms with Crippen LogP contribution >= 0.6 is 0 Å². The van der Waals surface area contributed by atoms with Gasteiger partial charge in [0.1, 0.15) is 5.82 Å². The normalized spacial score (nSPS) is 11.6. The van der Waals surface area contributed by atoms with Gasteiger partial charge < -0.3 is 9.88 Å². The van der Waals surface area contributed by atoms with Crippen LogP contribution < -0.4 is 5.32 Å². The van der Waals surface area contributed by atoms with Crippen molar-refractivity contribution >= 4 is 23.0 Å². The molecule has 236 valence electrons. The molecular weight excluding hydrogens is 526 g/mol. The van der Waals surface area contributed by atoms with Gasteiger partial charge in [0.2, 0.25) is 5.91 Å². The van der Waals surface area contributed by atoms with Crippen LogP contribution in [0.25, 0.3) is 17.1 Å². The Labute approximate surface area is 262 Å². The summed E-state index contributed by atoms with van der Waals surface area (Å²) in [5, 5.41) is 3.01. The molecule has 1 aromatic heterocycles. The van der Waals surface area contributed by atoms with Crippen molar-refractivity contribution in [1.29, 1.82) is 0 Å². The number of nitrogens with one attached hydrogen (secondary N) is 1. The summed E-state index contributed by atoms with van der Waals surface area (Å²) in [6.45, 7) is 4.08. The van der Waals surface area contributed by atoms with E-state index >= 15 is 0 Å². The number of carbonyl (C=O) groups is 1. The molecular formula is C39H59N3O. The van der Waals surface area contributed by atoms with Gasteiger partial charge in [0, 0.05) is 25.6 Å². The molecule has 0 saturated heterocycles. The van der Waals surface area contributed by atoms with Crippen LogP contribution in [0.4, 0.5) is 0 Å². The van der Waals surface area contributed by atoms with E-state index in [0.29, 0.717) is 6.54 Å². The molecule has 4 nitrogen and oxygen atoms in total. The van der Waals surface area contributed by atoms with E-state index in [1.165, 1.54) is 114 Å². The summed E-state index contributed by atoms with van der Waals surface area (Å²) < 4.78 is 2.47. The monoisotopic (exact) mass is 585 g/mol. The average Bonchev–Trinajstić information content (AvgIpc) is 3.39. The third kappa shape index (κ3) is 14.9. The summed E-state index contributed by atoms with van der Waals surface area (Å²) in [6.07, 6.45) is 30.1. The molecule has 0 fully saturated rings. The van der Waals surface area contributed by atoms with Gasteiger partial charge in [0.15, 0.2) is 0 Å². The summed E-state index contributed by atoms with van der Waals surface area (Å²) >= 11 is 0. The second-order valence-corrected chi connectivity index (χ2v) is 12.3. The molecule has 0 spiro atoms. The summed E-state index contributed by atoms with van der Waals surface area (Å²) in [5.74, 6) is 1.20. The fourth-order valence-corrected chi connectivity index (χ4v) is 5.98. The van der Waals surface area contributed by atoms with E-state index in [-0.39, 0.29) is 5.91 Å². The van der Waals surface area contributed by atoms with Crippen molar-refractivity contribution in [2.75, 3.05) is 6.54 Å². The average molecular weight is 586 g/mol. The fraction of sp³-hybridized carbons (Fsp3) is 0.590. The largest absolute Gasteiger partial charge is 0.353 e. The summed E-state index contributed by atoms with van der Waals surface area (Å²) in [5.41, 5.74) is 3.43. The lowest BCUT2D eigenvalue weighted by Gasteiger charge is -2.10. The third-order valence-corrected chi connectivity index (χ3v) is 8.57. The quantitative estimate of drug-likeness (QED) is 0.0794. The van der Waals surface area contributed by atoms with Crippen LogP contribution in [0.1, 0.15) is 140 Å². The van der Waals surface area contributed by atoms with E-state index in [4.69, 9.17) is 4.98 Å². The minimum Gasteiger partial charge on any atom is -0.353 e. The van der Waals surface area contributed by atoms with Crippen molar-refractivity contribution in [3.8, 4) is 0 Å². The molecule has 0 atom stereocenters. The molecule has 0 saturated carbocycles. The number of rotatable bonds is 25. The molecule has 4 heteroatoms. The number of hydrogen-bond acceptors (Lipinski definition) is 2. The second kappa shape index (κ2) is 22.6. The van der Waals surface area contributed by atoms with Crippen LogP contribution in [0.15, 0.2) is 60.7 Å². The van der Waals surface area contributed by atoms with Gasteiger partial charge in [-0.2, -0.15) is 0 Å². The molecule has 1 amide bonds. The first-order chi connectivity index (χ1) is 21.3. The van der Waals surface area contributed by atoms with Crippen LogP contribution in [0.3, 0.4) is 0 Å². The first kappa shape index (κ1) is 34.6. The lowest BCUT2D eigenvalue weighted by Crippen LogP contribution is -2.22. The van der Waals surface area contributed by atoms with E-state index in [1.807, 2.05) is 36.4 Å². The van der Waals surface area contributed by atoms with Gasteiger partial charge >= 0.3 is 0 Å². The number of imidazole rings is 1. The van der Waals surface area contributed by atoms with Gasteiger partial charge in [-0.3, -0.25) is 4.79 Å². The molecule has 0 aliphatic carbocycles. The molecule has 0 bridgehead atoms. The molecule has 0 radical (unpaired) electrons. The molecule has 1 N–H and O–H groups in total. The van der Waals surface area contributed by atoms with E-state index < -0.39 is 0 Å². The SMILES string of the molecule is CCCCCCCCCCCCCCCCCCn1c(CCCCCNC(=O)/C=C/c2ccccc2)nc2ccccc21. The van der Waals surface area contributed by atoms with Gasteiger partial charge in [-0.15, -0.1) is 0 Å². The third-order valence-electron chi connectivity index (χ3n) is 8.57. The highest BCUT2D eigenvalue weighted by atomic mass is 16.1. The Balaban J connectivity index is 1.23. The minimum absolute atomic E-state index is 0.0237. The maximum absolute atomic E-state index is 12.1. The maximum atomic E-state index is 12.1. The minimum atomic E-state index is -0.0237. The van der Waals surface area contributed by atoms with Crippen LogP contribution in [0, 0.1) is 0 Å². The van der Waals surface area contributed by atoms with Gasteiger partial charge in [0.05, 0.1) is 11.0 Å². The number of unbranched alkanes of at least 4 members (excludes halogenated alkanes) is 17. The topological polar surface area (TPSA) is 46.9 Å². The van der Waals surface area contributed by atoms with Crippen molar-refractivity contribution in [1.82, 2.24) is 14.9 Å². The number of benzene rings is 2. The zero-order valence-corrected chi connectivity index (χ0v) is 27.2. The predicted octanol–water partition coefficient (Wildman–Crippen LogP) is 10.8. The highest BCUT2D eigenvalue weighted by Gasteiger charge is 2.10. The second-order valence-electron chi connectivity index (χ2n) is 12.3. The Morgan fingerprint density at radius 2 is 1.23 bits per heavy atom. The number of hydrogen-bond donors (Lipinski definition) is 1. The lowest BCUT2D eigenvalue weighted by molar-refractivity contribution is -0.116. The number of nitrogens with zero attached hydrogens (tertiary/aromatic N) is 2. The van der Waals surface area contributed by atoms with Crippen LogP contribution in [0.5, 0.6) is 0 Å². The van der Waals surface area contributed by atoms with E-state index in [2.05, 4.69) is 41.1 Å². The molecule has 1 heterocycles. The Kier molecular flexibility index (Phi) is 18.2. The lowest BCUT2D eigenvalue weighted by atomic mass is 10.0. The summed E-state index contributed by atoms with van der Waals surface area (Å²) in [6, 6.07) is 18.5. The van der Waals surface area contributed by atoms with Crippen LogP contribution in [-0.4, -0.2) is 22.0 Å². The Bertz CT molecular complexity index is 1150. The van der Waals surface area contributed by atoms with Crippen LogP contribution in [-0.2, 0) is 17.8 Å². The van der Waals surface area contributed by atoms with Gasteiger partial charge in [-0.05, 0) is 43.0 Å². The van der Waals surface area contributed by atoms with Gasteiger partial charge in [0.25, 0.3) is 0 Å². The first-order valence-corrected chi connectivity index (χ1v) is 17.7. The Hall–Kier alpha value is -2.88. The van der Waals surface area contributed by atoms with Crippen molar-refractivity contribution in [2.24, 2.45) is 0 Å². The molecule has 0 unspecified atom stereocenters. The smallest absolute Gasteiger partial charge is 0.243 e. The van der Waals surface area contributed by atoms with Crippen molar-refractivity contribution < 1.29 is 4.79 Å². The zero-order chi connectivity index (χ0) is 30.2. The molecule has 0 aliphatic heterocycles. The predicted molar refractivity (Wildman–Crippen MR) is 185 cm³/mol. The number of aryl methyl sites for hydroxylation is 2. The van der Waals surface area contributed by atoms with Crippen molar-refractivity contribution in [2.45, 2.75) is 142 Å². The van der Waals surface area contributed by atoms with E-state index in [9.17, 15) is 4.79 Å². The highest BCUT2D eigenvalue weighted by Crippen LogP contribution is 2.20. The number of amides is 1. The molecule has 3 rings (SSSR count). The summed E-state index contributed by atoms with van der Waals surface area (Å²) in [7, 11) is 0. The molecule has 3 aromatic rings. The van der Waals surface area contributed by atoms with E-state index in [0.717, 1.165) is 43.3 Å². The zero-order valence-electron chi connectivity index (χ0n) is 27.2. The summed E-state index contributed by atoms with van der Waals surface area (Å²) in [4.78, 5) is 17.1. The first-order valence-electron chi connectivity index (χ1n) is 17.7. The van der Waals surface area contributed by atoms with Crippen molar-refractivity contribution in [3.05, 3.63) is 72.1 Å². The fourth-order valence-electron chi connectivity index (χ4n) is 5.98. The molecule has 0 aliphatic rings. The van der Waals surface area contributed by atoms with Gasteiger partial charge in [-0.1, -0.05) is 152 Å². The number of aromatic nitrogens is 2. The molecule has 43 heavy (non-hydrogen) atoms. The standard InChI is InChI=1S/C39H59N3O/c1-2-3-4-5-6-7-8-9-10-11-12-13-14-15-16-25-34-42-37-29-23-22-28-36(37)41-38(42)30-21-18-24-33-40-39(43)32-31-35-26-19-17-20-27-35/h17,19-20,22-23,26-29,31-32H,2-16,18,21,24-25,30,33-34H2,1H3,(H,40,43)/b32-31+. The van der Waals surface area contributed by atoms with E-state index in [1.54, 1.807) is 6.08 Å². The Morgan fingerprint density at radius 1 is 0.674 bits per heavy atom. The number of fused-ring (bicyclic) bond motifs is 1. The highest BCUT2D eigenvalue weighted by molar-refractivity contribution is 5.91.